The molecule has 3 aromatic rings. The van der Waals surface area contributed by atoms with Gasteiger partial charge in [-0.2, -0.15) is 0 Å². The lowest BCUT2D eigenvalue weighted by Gasteiger charge is -2.44. The molecule has 1 aromatic heterocycles. The van der Waals surface area contributed by atoms with Crippen LogP contribution in [0, 0.1) is 17.8 Å². The van der Waals surface area contributed by atoms with Gasteiger partial charge in [-0.1, -0.05) is 37.3 Å². The molecule has 3 atom stereocenters. The molecule has 35 heavy (non-hydrogen) atoms. The van der Waals surface area contributed by atoms with Crippen LogP contribution in [0.25, 0.3) is 0 Å². The average Bonchev–Trinajstić information content (AvgIpc) is 3.26. The van der Waals surface area contributed by atoms with Crippen LogP contribution in [0.4, 0.5) is 0 Å². The first-order valence-electron chi connectivity index (χ1n) is 11.8. The van der Waals surface area contributed by atoms with Gasteiger partial charge in [-0.15, -0.1) is 5.10 Å². The summed E-state index contributed by atoms with van der Waals surface area (Å²) in [5.41, 5.74) is 0.969. The van der Waals surface area contributed by atoms with Gasteiger partial charge in [-0.25, -0.2) is 9.89 Å². The first-order valence-corrected chi connectivity index (χ1v) is 11.8. The summed E-state index contributed by atoms with van der Waals surface area (Å²) in [7, 11) is 0. The standard InChI is InChI=1S/C26H29N3O6/c1-2-12-29(16-17-8-10-20(11-9-17)34-19-6-4-3-5-7-19)25(32)22-13-18(21(22)15-24(30)31)14-23-27-28-26(33)35-23/h3-11,18,21-22H,2,12-16H2,1H3,(H,28,33)(H,30,31). The Morgan fingerprint density at radius 1 is 1.14 bits per heavy atom. The molecule has 1 amide bonds. The van der Waals surface area contributed by atoms with Crippen LogP contribution in [0.3, 0.4) is 0 Å². The summed E-state index contributed by atoms with van der Waals surface area (Å²) in [6.45, 7) is 3.03. The van der Waals surface area contributed by atoms with Crippen LogP contribution in [-0.4, -0.2) is 38.6 Å². The van der Waals surface area contributed by atoms with Crippen LogP contribution in [-0.2, 0) is 22.6 Å². The van der Waals surface area contributed by atoms with E-state index in [-0.39, 0.29) is 36.0 Å². The minimum absolute atomic E-state index is 0.0394. The third kappa shape index (κ3) is 6.17. The largest absolute Gasteiger partial charge is 0.481 e. The van der Waals surface area contributed by atoms with Gasteiger partial charge in [0.15, 0.2) is 0 Å². The van der Waals surface area contributed by atoms with E-state index in [2.05, 4.69) is 10.2 Å². The molecule has 0 spiro atoms. The lowest BCUT2D eigenvalue weighted by molar-refractivity contribution is -0.150. The fourth-order valence-corrected chi connectivity index (χ4v) is 4.69. The van der Waals surface area contributed by atoms with E-state index in [9.17, 15) is 19.5 Å². The Balaban J connectivity index is 1.41. The Morgan fingerprint density at radius 2 is 1.86 bits per heavy atom. The SMILES string of the molecule is CCCN(Cc1ccc(Oc2ccccc2)cc1)C(=O)C1CC(Cc2n[nH]c(=O)o2)C1CC(=O)O. The molecule has 2 aromatic carbocycles. The number of benzene rings is 2. The predicted molar refractivity (Wildman–Crippen MR) is 127 cm³/mol. The van der Waals surface area contributed by atoms with Crippen molar-refractivity contribution >= 4 is 11.9 Å². The van der Waals surface area contributed by atoms with Crippen molar-refractivity contribution < 1.29 is 23.8 Å². The van der Waals surface area contributed by atoms with E-state index in [1.807, 2.05) is 61.5 Å². The van der Waals surface area contributed by atoms with Crippen molar-refractivity contribution in [3.8, 4) is 11.5 Å². The third-order valence-electron chi connectivity index (χ3n) is 6.41. The van der Waals surface area contributed by atoms with E-state index in [4.69, 9.17) is 9.15 Å². The maximum absolute atomic E-state index is 13.4. The molecule has 0 bridgehead atoms. The van der Waals surface area contributed by atoms with E-state index in [1.165, 1.54) is 0 Å². The third-order valence-corrected chi connectivity index (χ3v) is 6.41. The fraction of sp³-hybridized carbons (Fsp3) is 0.385. The van der Waals surface area contributed by atoms with Crippen molar-refractivity contribution in [1.82, 2.24) is 15.1 Å². The van der Waals surface area contributed by atoms with Gasteiger partial charge in [0.1, 0.15) is 11.5 Å². The average molecular weight is 480 g/mol. The van der Waals surface area contributed by atoms with Gasteiger partial charge < -0.3 is 19.2 Å². The molecule has 1 fully saturated rings. The number of hydrogen-bond acceptors (Lipinski definition) is 6. The van der Waals surface area contributed by atoms with Gasteiger partial charge in [-0.05, 0) is 54.5 Å². The monoisotopic (exact) mass is 479 g/mol. The number of nitrogens with one attached hydrogen (secondary N) is 1. The molecule has 2 N–H and O–H groups in total. The summed E-state index contributed by atoms with van der Waals surface area (Å²) >= 11 is 0. The molecule has 1 heterocycles. The topological polar surface area (TPSA) is 126 Å². The second kappa shape index (κ2) is 11.0. The Bertz CT molecular complexity index is 1190. The molecular formula is C26H29N3O6. The number of carboxylic acid groups (broad SMARTS) is 1. The van der Waals surface area contributed by atoms with Crippen LogP contribution >= 0.6 is 0 Å². The van der Waals surface area contributed by atoms with Crippen molar-refractivity contribution in [2.45, 2.75) is 39.2 Å². The summed E-state index contributed by atoms with van der Waals surface area (Å²) in [5.74, 6) is -0.718. The number of carbonyl (C=O) groups excluding carboxylic acids is 1. The molecule has 1 aliphatic carbocycles. The van der Waals surface area contributed by atoms with Crippen LogP contribution in [0.1, 0.15) is 37.6 Å². The van der Waals surface area contributed by atoms with Crippen molar-refractivity contribution in [2.75, 3.05) is 6.54 Å². The van der Waals surface area contributed by atoms with Crippen LogP contribution in [0.5, 0.6) is 11.5 Å². The molecule has 0 aliphatic heterocycles. The molecule has 0 saturated heterocycles. The molecular weight excluding hydrogens is 450 g/mol. The van der Waals surface area contributed by atoms with Gasteiger partial charge in [0.2, 0.25) is 11.8 Å². The number of rotatable bonds is 11. The number of nitrogens with zero attached hydrogens (tertiary/aromatic N) is 2. The second-order valence-corrected chi connectivity index (χ2v) is 8.89. The number of aliphatic carboxylic acids is 1. The summed E-state index contributed by atoms with van der Waals surface area (Å²) in [6, 6.07) is 17.1. The molecule has 1 aliphatic rings. The van der Waals surface area contributed by atoms with Crippen molar-refractivity contribution in [3.63, 3.8) is 0 Å². The van der Waals surface area contributed by atoms with Crippen LogP contribution < -0.4 is 10.5 Å². The predicted octanol–water partition coefficient (Wildman–Crippen LogP) is 3.86. The number of ether oxygens (including phenoxy) is 1. The number of para-hydroxylation sites is 1. The fourth-order valence-electron chi connectivity index (χ4n) is 4.69. The quantitative estimate of drug-likeness (QED) is 0.428. The lowest BCUT2D eigenvalue weighted by Crippen LogP contribution is -2.49. The van der Waals surface area contributed by atoms with Gasteiger partial charge in [0.25, 0.3) is 0 Å². The molecule has 9 heteroatoms. The highest BCUT2D eigenvalue weighted by Crippen LogP contribution is 2.45. The number of carbonyl (C=O) groups is 2. The smallest absolute Gasteiger partial charge is 0.434 e. The normalized spacial score (nSPS) is 19.1. The molecule has 4 rings (SSSR count). The minimum atomic E-state index is -0.947. The number of hydrogen-bond donors (Lipinski definition) is 2. The van der Waals surface area contributed by atoms with Gasteiger partial charge in [0, 0.05) is 31.8 Å². The van der Waals surface area contributed by atoms with E-state index in [1.54, 1.807) is 4.90 Å². The summed E-state index contributed by atoms with van der Waals surface area (Å²) < 4.78 is 10.8. The Labute approximate surface area is 202 Å². The summed E-state index contributed by atoms with van der Waals surface area (Å²) in [6.07, 6.45) is 1.55. The van der Waals surface area contributed by atoms with Crippen LogP contribution in [0.15, 0.2) is 63.8 Å². The Kier molecular flexibility index (Phi) is 7.64. The molecule has 184 valence electrons. The maximum Gasteiger partial charge on any atom is 0.434 e. The zero-order chi connectivity index (χ0) is 24.8. The molecule has 3 unspecified atom stereocenters. The van der Waals surface area contributed by atoms with E-state index >= 15 is 0 Å². The van der Waals surface area contributed by atoms with Gasteiger partial charge in [-0.3, -0.25) is 9.59 Å². The zero-order valence-corrected chi connectivity index (χ0v) is 19.6. The maximum atomic E-state index is 13.4. The number of aromatic amines is 1. The summed E-state index contributed by atoms with van der Waals surface area (Å²) in [4.78, 5) is 37.9. The number of aromatic nitrogens is 2. The summed E-state index contributed by atoms with van der Waals surface area (Å²) in [5, 5.41) is 15.4. The number of carboxylic acids is 1. The first-order chi connectivity index (χ1) is 16.9. The molecule has 9 nitrogen and oxygen atoms in total. The van der Waals surface area contributed by atoms with Crippen LogP contribution in [0.2, 0.25) is 0 Å². The van der Waals surface area contributed by atoms with Gasteiger partial charge >= 0.3 is 11.7 Å². The molecule has 1 saturated carbocycles. The number of H-pyrrole nitrogens is 1. The highest BCUT2D eigenvalue weighted by atomic mass is 16.5. The highest BCUT2D eigenvalue weighted by molar-refractivity contribution is 5.81. The Hall–Kier alpha value is -3.88. The van der Waals surface area contributed by atoms with Crippen molar-refractivity contribution in [3.05, 3.63) is 76.6 Å². The van der Waals surface area contributed by atoms with E-state index in [0.717, 1.165) is 17.7 Å². The lowest BCUT2D eigenvalue weighted by atomic mass is 9.61. The number of amides is 1. The van der Waals surface area contributed by atoms with E-state index in [0.29, 0.717) is 31.7 Å². The zero-order valence-electron chi connectivity index (χ0n) is 19.6. The van der Waals surface area contributed by atoms with Gasteiger partial charge in [0.05, 0.1) is 0 Å². The minimum Gasteiger partial charge on any atom is -0.481 e. The first kappa shape index (κ1) is 24.3. The highest BCUT2D eigenvalue weighted by Gasteiger charge is 2.47. The van der Waals surface area contributed by atoms with Crippen molar-refractivity contribution in [1.29, 1.82) is 0 Å². The van der Waals surface area contributed by atoms with E-state index < -0.39 is 11.7 Å². The Morgan fingerprint density at radius 3 is 2.49 bits per heavy atom. The molecule has 0 radical (unpaired) electrons. The van der Waals surface area contributed by atoms with Crippen molar-refractivity contribution in [2.24, 2.45) is 17.8 Å². The second-order valence-electron chi connectivity index (χ2n) is 8.89.